The summed E-state index contributed by atoms with van der Waals surface area (Å²) < 4.78 is 6.11. The molecule has 1 fully saturated rings. The summed E-state index contributed by atoms with van der Waals surface area (Å²) in [6.07, 6.45) is 8.94. The molecule has 1 saturated carbocycles. The molecule has 1 aliphatic carbocycles. The first kappa shape index (κ1) is 11.6. The smallest absolute Gasteiger partial charge is 0.126 e. The molecule has 1 heterocycles. The number of rotatable bonds is 2. The van der Waals surface area contributed by atoms with E-state index in [1.54, 1.807) is 0 Å². The third-order valence-electron chi connectivity index (χ3n) is 4.21. The lowest BCUT2D eigenvalue weighted by Crippen LogP contribution is -2.35. The van der Waals surface area contributed by atoms with Crippen molar-refractivity contribution in [1.29, 1.82) is 0 Å². The highest BCUT2D eigenvalue weighted by molar-refractivity contribution is 5.49. The molecular formula is C16H20O2. The third-order valence-corrected chi connectivity index (χ3v) is 4.21. The van der Waals surface area contributed by atoms with E-state index in [1.165, 1.54) is 19.3 Å². The monoisotopic (exact) mass is 244 g/mol. The van der Waals surface area contributed by atoms with Crippen molar-refractivity contribution in [3.05, 3.63) is 35.9 Å². The molecule has 1 aromatic rings. The van der Waals surface area contributed by atoms with Crippen LogP contribution in [0.15, 0.2) is 24.8 Å². The van der Waals surface area contributed by atoms with Gasteiger partial charge in [-0.3, -0.25) is 0 Å². The molecule has 1 N–H and O–H groups in total. The molecule has 2 aliphatic rings. The summed E-state index contributed by atoms with van der Waals surface area (Å²) in [5.41, 5.74) is 2.08. The molecule has 0 spiro atoms. The quantitative estimate of drug-likeness (QED) is 0.805. The Labute approximate surface area is 108 Å². The van der Waals surface area contributed by atoms with E-state index >= 15 is 0 Å². The fourth-order valence-corrected chi connectivity index (χ4v) is 3.27. The average Bonchev–Trinajstić information content (AvgIpc) is 2.37. The highest BCUT2D eigenvalue weighted by Crippen LogP contribution is 2.42. The molecule has 0 bridgehead atoms. The molecule has 0 saturated heterocycles. The van der Waals surface area contributed by atoms with Crippen LogP contribution in [0.4, 0.5) is 0 Å². The Kier molecular flexibility index (Phi) is 3.02. The van der Waals surface area contributed by atoms with Crippen molar-refractivity contribution >= 4 is 0 Å². The number of aromatic hydroxyl groups is 1. The van der Waals surface area contributed by atoms with E-state index in [-0.39, 0.29) is 0 Å². The first-order chi connectivity index (χ1) is 8.78. The van der Waals surface area contributed by atoms with Crippen molar-refractivity contribution in [2.45, 2.75) is 44.6 Å². The summed E-state index contributed by atoms with van der Waals surface area (Å²) in [6.45, 7) is 3.74. The van der Waals surface area contributed by atoms with E-state index in [4.69, 9.17) is 4.74 Å². The van der Waals surface area contributed by atoms with E-state index < -0.39 is 0 Å². The zero-order valence-corrected chi connectivity index (χ0v) is 10.7. The molecule has 1 aliphatic heterocycles. The Balaban J connectivity index is 1.94. The Morgan fingerprint density at radius 1 is 1.33 bits per heavy atom. The topological polar surface area (TPSA) is 29.5 Å². The molecular weight excluding hydrogens is 224 g/mol. The second kappa shape index (κ2) is 4.68. The zero-order chi connectivity index (χ0) is 12.5. The molecule has 18 heavy (non-hydrogen) atoms. The Morgan fingerprint density at radius 2 is 2.17 bits per heavy atom. The minimum absolute atomic E-state index is 0.365. The molecule has 0 amide bonds. The summed E-state index contributed by atoms with van der Waals surface area (Å²) in [7, 11) is 0. The van der Waals surface area contributed by atoms with Gasteiger partial charge in [0.1, 0.15) is 17.6 Å². The van der Waals surface area contributed by atoms with Gasteiger partial charge in [0, 0.05) is 11.5 Å². The largest absolute Gasteiger partial charge is 0.508 e. The number of benzene rings is 1. The zero-order valence-electron chi connectivity index (χ0n) is 10.7. The maximum atomic E-state index is 10.1. The molecule has 2 nitrogen and oxygen atoms in total. The SMILES string of the molecule is C=CCc1cc(O)c2c(c1)OC1CCCCC1C2. The minimum atomic E-state index is 0.365. The fraction of sp³-hybridized carbons (Fsp3) is 0.500. The number of hydrogen-bond acceptors (Lipinski definition) is 2. The lowest BCUT2D eigenvalue weighted by atomic mass is 9.80. The van der Waals surface area contributed by atoms with Crippen LogP contribution in [0.3, 0.4) is 0 Å². The van der Waals surface area contributed by atoms with Crippen LogP contribution < -0.4 is 4.74 Å². The lowest BCUT2D eigenvalue weighted by Gasteiger charge is -2.37. The number of phenols is 1. The summed E-state index contributed by atoms with van der Waals surface area (Å²) in [5, 5.41) is 10.1. The number of fused-ring (bicyclic) bond motifs is 2. The normalized spacial score (nSPS) is 25.8. The van der Waals surface area contributed by atoms with Gasteiger partial charge in [0.05, 0.1) is 0 Å². The van der Waals surface area contributed by atoms with E-state index in [9.17, 15) is 5.11 Å². The van der Waals surface area contributed by atoms with Gasteiger partial charge < -0.3 is 9.84 Å². The number of phenolic OH excluding ortho intramolecular Hbond substituents is 1. The molecule has 96 valence electrons. The average molecular weight is 244 g/mol. The van der Waals surface area contributed by atoms with Crippen LogP contribution in [0.2, 0.25) is 0 Å². The Bertz CT molecular complexity index is 464. The standard InChI is InChI=1S/C16H20O2/c1-2-5-11-8-14(17)13-10-12-6-3-4-7-15(12)18-16(13)9-11/h2,8-9,12,15,17H,1,3-7,10H2. The molecule has 0 aromatic heterocycles. The minimum Gasteiger partial charge on any atom is -0.508 e. The fourth-order valence-electron chi connectivity index (χ4n) is 3.27. The van der Waals surface area contributed by atoms with Crippen LogP contribution in [-0.2, 0) is 12.8 Å². The van der Waals surface area contributed by atoms with Crippen LogP contribution in [-0.4, -0.2) is 11.2 Å². The first-order valence-corrected chi connectivity index (χ1v) is 6.90. The van der Waals surface area contributed by atoms with Crippen molar-refractivity contribution in [2.75, 3.05) is 0 Å². The summed E-state index contributed by atoms with van der Waals surface area (Å²) in [4.78, 5) is 0. The number of allylic oxidation sites excluding steroid dienone is 1. The Hall–Kier alpha value is -1.44. The maximum absolute atomic E-state index is 10.1. The van der Waals surface area contributed by atoms with Gasteiger partial charge in [-0.05, 0) is 49.8 Å². The lowest BCUT2D eigenvalue weighted by molar-refractivity contribution is 0.0740. The molecule has 3 rings (SSSR count). The van der Waals surface area contributed by atoms with E-state index in [1.807, 2.05) is 12.1 Å². The van der Waals surface area contributed by atoms with Gasteiger partial charge in [0.25, 0.3) is 0 Å². The van der Waals surface area contributed by atoms with Gasteiger partial charge in [0.15, 0.2) is 0 Å². The third kappa shape index (κ3) is 2.00. The number of hydrogen-bond donors (Lipinski definition) is 1. The van der Waals surface area contributed by atoms with Gasteiger partial charge in [-0.25, -0.2) is 0 Å². The predicted octanol–water partition coefficient (Wildman–Crippen LogP) is 3.61. The predicted molar refractivity (Wildman–Crippen MR) is 72.1 cm³/mol. The Morgan fingerprint density at radius 3 is 3.00 bits per heavy atom. The molecule has 2 heteroatoms. The van der Waals surface area contributed by atoms with E-state index in [2.05, 4.69) is 12.6 Å². The molecule has 0 radical (unpaired) electrons. The van der Waals surface area contributed by atoms with Gasteiger partial charge in [-0.1, -0.05) is 12.5 Å². The van der Waals surface area contributed by atoms with Crippen LogP contribution in [0.1, 0.15) is 36.8 Å². The van der Waals surface area contributed by atoms with E-state index in [0.717, 1.165) is 36.1 Å². The van der Waals surface area contributed by atoms with Crippen LogP contribution in [0.25, 0.3) is 0 Å². The van der Waals surface area contributed by atoms with Crippen molar-refractivity contribution < 1.29 is 9.84 Å². The molecule has 2 atom stereocenters. The van der Waals surface area contributed by atoms with Gasteiger partial charge in [-0.2, -0.15) is 0 Å². The second-order valence-corrected chi connectivity index (χ2v) is 5.49. The number of ether oxygens (including phenoxy) is 1. The summed E-state index contributed by atoms with van der Waals surface area (Å²) in [5.74, 6) is 1.89. The highest BCUT2D eigenvalue weighted by Gasteiger charge is 2.33. The van der Waals surface area contributed by atoms with Gasteiger partial charge in [-0.15, -0.1) is 6.58 Å². The molecule has 2 unspecified atom stereocenters. The van der Waals surface area contributed by atoms with Crippen molar-refractivity contribution in [1.82, 2.24) is 0 Å². The van der Waals surface area contributed by atoms with Crippen molar-refractivity contribution in [3.8, 4) is 11.5 Å². The van der Waals surface area contributed by atoms with Crippen LogP contribution >= 0.6 is 0 Å². The van der Waals surface area contributed by atoms with Crippen molar-refractivity contribution in [2.24, 2.45) is 5.92 Å². The van der Waals surface area contributed by atoms with E-state index in [0.29, 0.717) is 17.8 Å². The maximum Gasteiger partial charge on any atom is 0.126 e. The van der Waals surface area contributed by atoms with Crippen molar-refractivity contribution in [3.63, 3.8) is 0 Å². The van der Waals surface area contributed by atoms with Crippen LogP contribution in [0.5, 0.6) is 11.5 Å². The molecule has 1 aromatic carbocycles. The van der Waals surface area contributed by atoms with Crippen LogP contribution in [0, 0.1) is 5.92 Å². The first-order valence-electron chi connectivity index (χ1n) is 6.90. The van der Waals surface area contributed by atoms with Gasteiger partial charge >= 0.3 is 0 Å². The second-order valence-electron chi connectivity index (χ2n) is 5.49. The summed E-state index contributed by atoms with van der Waals surface area (Å²) in [6, 6.07) is 3.93. The van der Waals surface area contributed by atoms with Gasteiger partial charge in [0.2, 0.25) is 0 Å². The summed E-state index contributed by atoms with van der Waals surface area (Å²) >= 11 is 0. The highest BCUT2D eigenvalue weighted by atomic mass is 16.5.